The van der Waals surface area contributed by atoms with Crippen LogP contribution in [0.5, 0.6) is 0 Å². The van der Waals surface area contributed by atoms with Crippen LogP contribution in [0.15, 0.2) is 24.3 Å². The first-order chi connectivity index (χ1) is 7.76. The monoisotopic (exact) mass is 241 g/mol. The Morgan fingerprint density at radius 1 is 1.38 bits per heavy atom. The van der Waals surface area contributed by atoms with E-state index in [1.807, 2.05) is 24.3 Å². The molecule has 0 fully saturated rings. The zero-order valence-corrected chi connectivity index (χ0v) is 10.8. The van der Waals surface area contributed by atoms with Crippen molar-refractivity contribution in [3.8, 4) is 0 Å². The molecule has 0 radical (unpaired) electrons. The van der Waals surface area contributed by atoms with E-state index in [0.717, 1.165) is 30.1 Å². The Kier molecular flexibility index (Phi) is 6.46. The van der Waals surface area contributed by atoms with Crippen LogP contribution in [0.25, 0.3) is 0 Å². The molecule has 1 aromatic carbocycles. The van der Waals surface area contributed by atoms with Crippen LogP contribution >= 0.6 is 11.6 Å². The summed E-state index contributed by atoms with van der Waals surface area (Å²) in [5.41, 5.74) is 1.13. The van der Waals surface area contributed by atoms with Crippen molar-refractivity contribution in [2.24, 2.45) is 0 Å². The number of nitrogens with one attached hydrogen (secondary N) is 1. The van der Waals surface area contributed by atoms with Crippen LogP contribution in [0.3, 0.4) is 0 Å². The molecule has 0 heterocycles. The van der Waals surface area contributed by atoms with E-state index in [4.69, 9.17) is 16.3 Å². The van der Waals surface area contributed by atoms with Gasteiger partial charge in [0.1, 0.15) is 0 Å². The van der Waals surface area contributed by atoms with Gasteiger partial charge in [-0.3, -0.25) is 0 Å². The molecule has 0 spiro atoms. The third kappa shape index (κ3) is 4.97. The van der Waals surface area contributed by atoms with Crippen molar-refractivity contribution < 1.29 is 4.74 Å². The highest BCUT2D eigenvalue weighted by Crippen LogP contribution is 2.12. The van der Waals surface area contributed by atoms with Gasteiger partial charge in [-0.05, 0) is 30.7 Å². The van der Waals surface area contributed by atoms with Gasteiger partial charge in [-0.1, -0.05) is 37.6 Å². The molecule has 1 atom stereocenters. The molecule has 90 valence electrons. The Labute approximate surface area is 103 Å². The largest absolute Gasteiger partial charge is 0.372 e. The molecule has 16 heavy (non-hydrogen) atoms. The third-order valence-electron chi connectivity index (χ3n) is 2.45. The van der Waals surface area contributed by atoms with Crippen LogP contribution in [-0.2, 0) is 11.3 Å². The van der Waals surface area contributed by atoms with Crippen molar-refractivity contribution in [2.75, 3.05) is 13.1 Å². The van der Waals surface area contributed by atoms with Gasteiger partial charge < -0.3 is 10.1 Å². The molecule has 3 heteroatoms. The van der Waals surface area contributed by atoms with Crippen LogP contribution in [0.2, 0.25) is 5.02 Å². The van der Waals surface area contributed by atoms with Crippen molar-refractivity contribution in [1.82, 2.24) is 5.32 Å². The molecule has 1 rings (SSSR count). The van der Waals surface area contributed by atoms with Crippen molar-refractivity contribution in [3.05, 3.63) is 34.9 Å². The lowest BCUT2D eigenvalue weighted by Gasteiger charge is -2.16. The maximum atomic E-state index is 5.91. The van der Waals surface area contributed by atoms with Gasteiger partial charge in [0.2, 0.25) is 0 Å². The summed E-state index contributed by atoms with van der Waals surface area (Å²) < 4.78 is 5.81. The minimum Gasteiger partial charge on any atom is -0.372 e. The normalized spacial score (nSPS) is 12.7. The lowest BCUT2D eigenvalue weighted by molar-refractivity contribution is 0.0388. The van der Waals surface area contributed by atoms with Gasteiger partial charge in [0.15, 0.2) is 0 Å². The van der Waals surface area contributed by atoms with Crippen molar-refractivity contribution in [2.45, 2.75) is 33.0 Å². The van der Waals surface area contributed by atoms with E-state index in [1.165, 1.54) is 0 Å². The highest BCUT2D eigenvalue weighted by atomic mass is 35.5. The summed E-state index contributed by atoms with van der Waals surface area (Å²) >= 11 is 5.91. The standard InChI is InChI=1S/C13H20ClNO/c1-3-13(9-15-4-2)16-10-11-6-5-7-12(14)8-11/h5-8,13,15H,3-4,9-10H2,1-2H3. The lowest BCUT2D eigenvalue weighted by atomic mass is 10.2. The lowest BCUT2D eigenvalue weighted by Crippen LogP contribution is -2.28. The van der Waals surface area contributed by atoms with Crippen molar-refractivity contribution in [1.29, 1.82) is 0 Å². The van der Waals surface area contributed by atoms with Crippen LogP contribution < -0.4 is 5.32 Å². The fourth-order valence-corrected chi connectivity index (χ4v) is 1.68. The van der Waals surface area contributed by atoms with Crippen LogP contribution in [0.1, 0.15) is 25.8 Å². The zero-order valence-electron chi connectivity index (χ0n) is 10.0. The van der Waals surface area contributed by atoms with Crippen LogP contribution in [-0.4, -0.2) is 19.2 Å². The molecular formula is C13H20ClNO. The van der Waals surface area contributed by atoms with Gasteiger partial charge >= 0.3 is 0 Å². The molecule has 1 N–H and O–H groups in total. The summed E-state index contributed by atoms with van der Waals surface area (Å²) in [6.45, 7) is 6.76. The second-order valence-corrected chi connectivity index (χ2v) is 4.22. The van der Waals surface area contributed by atoms with Crippen LogP contribution in [0.4, 0.5) is 0 Å². The zero-order chi connectivity index (χ0) is 11.8. The number of rotatable bonds is 7. The van der Waals surface area contributed by atoms with E-state index >= 15 is 0 Å². The number of hydrogen-bond acceptors (Lipinski definition) is 2. The summed E-state index contributed by atoms with van der Waals surface area (Å²) in [4.78, 5) is 0. The summed E-state index contributed by atoms with van der Waals surface area (Å²) in [6.07, 6.45) is 1.30. The summed E-state index contributed by atoms with van der Waals surface area (Å²) in [7, 11) is 0. The number of hydrogen-bond donors (Lipinski definition) is 1. The predicted octanol–water partition coefficient (Wildman–Crippen LogP) is 3.24. The quantitative estimate of drug-likeness (QED) is 0.791. The molecule has 0 aliphatic heterocycles. The highest BCUT2D eigenvalue weighted by Gasteiger charge is 2.05. The first-order valence-electron chi connectivity index (χ1n) is 5.83. The first kappa shape index (κ1) is 13.5. The third-order valence-corrected chi connectivity index (χ3v) is 2.69. The topological polar surface area (TPSA) is 21.3 Å². The number of benzene rings is 1. The summed E-state index contributed by atoms with van der Waals surface area (Å²) in [6, 6.07) is 7.81. The van der Waals surface area contributed by atoms with E-state index in [9.17, 15) is 0 Å². The maximum Gasteiger partial charge on any atom is 0.0721 e. The van der Waals surface area contributed by atoms with Gasteiger partial charge in [-0.2, -0.15) is 0 Å². The van der Waals surface area contributed by atoms with Gasteiger partial charge in [0, 0.05) is 11.6 Å². The molecule has 0 saturated heterocycles. The second kappa shape index (κ2) is 7.66. The number of ether oxygens (including phenoxy) is 1. The smallest absolute Gasteiger partial charge is 0.0721 e. The Balaban J connectivity index is 2.37. The van der Waals surface area contributed by atoms with Crippen molar-refractivity contribution >= 4 is 11.6 Å². The highest BCUT2D eigenvalue weighted by molar-refractivity contribution is 6.30. The summed E-state index contributed by atoms with van der Waals surface area (Å²) in [5, 5.41) is 4.06. The Morgan fingerprint density at radius 3 is 2.81 bits per heavy atom. The molecule has 1 unspecified atom stereocenters. The average molecular weight is 242 g/mol. The summed E-state index contributed by atoms with van der Waals surface area (Å²) in [5.74, 6) is 0. The van der Waals surface area contributed by atoms with E-state index in [2.05, 4.69) is 19.2 Å². The molecule has 0 aliphatic carbocycles. The Hall–Kier alpha value is -0.570. The van der Waals surface area contributed by atoms with Crippen LogP contribution in [0, 0.1) is 0 Å². The van der Waals surface area contributed by atoms with Gasteiger partial charge in [0.05, 0.1) is 12.7 Å². The maximum absolute atomic E-state index is 5.91. The predicted molar refractivity (Wildman–Crippen MR) is 68.9 cm³/mol. The molecule has 0 aliphatic rings. The van der Waals surface area contributed by atoms with E-state index in [0.29, 0.717) is 6.61 Å². The molecule has 1 aromatic rings. The van der Waals surface area contributed by atoms with E-state index < -0.39 is 0 Å². The van der Waals surface area contributed by atoms with Gasteiger partial charge in [-0.15, -0.1) is 0 Å². The van der Waals surface area contributed by atoms with E-state index in [-0.39, 0.29) is 6.10 Å². The van der Waals surface area contributed by atoms with E-state index in [1.54, 1.807) is 0 Å². The first-order valence-corrected chi connectivity index (χ1v) is 6.20. The fraction of sp³-hybridized carbons (Fsp3) is 0.538. The molecule has 0 saturated carbocycles. The van der Waals surface area contributed by atoms with Crippen molar-refractivity contribution in [3.63, 3.8) is 0 Å². The average Bonchev–Trinajstić information content (AvgIpc) is 2.29. The number of likely N-dealkylation sites (N-methyl/N-ethyl adjacent to an activating group) is 1. The SMILES string of the molecule is CCNCC(CC)OCc1cccc(Cl)c1. The Morgan fingerprint density at radius 2 is 2.19 bits per heavy atom. The fourth-order valence-electron chi connectivity index (χ4n) is 1.47. The Bertz CT molecular complexity index is 304. The van der Waals surface area contributed by atoms with Gasteiger partial charge in [0.25, 0.3) is 0 Å². The molecular weight excluding hydrogens is 222 g/mol. The minimum absolute atomic E-state index is 0.277. The molecule has 0 bridgehead atoms. The molecule has 0 aromatic heterocycles. The minimum atomic E-state index is 0.277. The second-order valence-electron chi connectivity index (χ2n) is 3.78. The number of halogens is 1. The molecule has 2 nitrogen and oxygen atoms in total. The van der Waals surface area contributed by atoms with Gasteiger partial charge in [-0.25, -0.2) is 0 Å². The molecule has 0 amide bonds.